The van der Waals surface area contributed by atoms with E-state index >= 15 is 0 Å². The molecule has 0 spiro atoms. The smallest absolute Gasteiger partial charge is 0.270 e. The summed E-state index contributed by atoms with van der Waals surface area (Å²) < 4.78 is 0. The van der Waals surface area contributed by atoms with Crippen LogP contribution in [0.3, 0.4) is 0 Å². The van der Waals surface area contributed by atoms with Gasteiger partial charge in [0.15, 0.2) is 0 Å². The normalized spacial score (nSPS) is 18.9. The maximum absolute atomic E-state index is 12.8. The van der Waals surface area contributed by atoms with Crippen molar-refractivity contribution in [2.45, 2.75) is 31.8 Å². The summed E-state index contributed by atoms with van der Waals surface area (Å²) in [6.07, 6.45) is 12.9. The first-order valence-electron chi connectivity index (χ1n) is 10.3. The molecule has 7 nitrogen and oxygen atoms in total. The van der Waals surface area contributed by atoms with Crippen LogP contribution in [0.1, 0.15) is 51.4 Å². The van der Waals surface area contributed by atoms with E-state index in [0.29, 0.717) is 6.42 Å². The van der Waals surface area contributed by atoms with Crippen molar-refractivity contribution in [3.63, 3.8) is 0 Å². The molecule has 4 rings (SSSR count). The van der Waals surface area contributed by atoms with E-state index in [2.05, 4.69) is 32.6 Å². The van der Waals surface area contributed by atoms with E-state index in [1.165, 1.54) is 12.4 Å². The van der Waals surface area contributed by atoms with E-state index in [-0.39, 0.29) is 35.8 Å². The van der Waals surface area contributed by atoms with Gasteiger partial charge in [-0.05, 0) is 48.1 Å². The molecule has 2 atom stereocenters. The first-order chi connectivity index (χ1) is 15.6. The minimum Gasteiger partial charge on any atom is -0.347 e. The summed E-state index contributed by atoms with van der Waals surface area (Å²) in [5, 5.41) is 14.9. The predicted molar refractivity (Wildman–Crippen MR) is 118 cm³/mol. The number of aromatic nitrogens is 2. The molecule has 158 valence electrons. The van der Waals surface area contributed by atoms with Crippen LogP contribution >= 0.6 is 0 Å². The highest BCUT2D eigenvalue weighted by Gasteiger charge is 2.30. The average Bonchev–Trinajstić information content (AvgIpc) is 3.24. The van der Waals surface area contributed by atoms with Crippen molar-refractivity contribution in [2.75, 3.05) is 0 Å². The van der Waals surface area contributed by atoms with Gasteiger partial charge in [0.2, 0.25) is 0 Å². The van der Waals surface area contributed by atoms with Gasteiger partial charge in [-0.1, -0.05) is 30.2 Å². The number of nitriles is 1. The van der Waals surface area contributed by atoms with Crippen molar-refractivity contribution in [3.05, 3.63) is 82.5 Å². The second-order valence-electron chi connectivity index (χ2n) is 7.70. The SMILES string of the molecule is C#Cc1cccc(CNC(=O)c2cc(C(=O)N[C@@H]3CCC4=CC(C#N)CC=C43)ncn2)c1. The van der Waals surface area contributed by atoms with Crippen LogP contribution in [0, 0.1) is 29.6 Å². The molecule has 2 amide bonds. The van der Waals surface area contributed by atoms with Crippen molar-refractivity contribution >= 4 is 11.8 Å². The fourth-order valence-electron chi connectivity index (χ4n) is 3.96. The lowest BCUT2D eigenvalue weighted by Crippen LogP contribution is -2.35. The fourth-order valence-corrected chi connectivity index (χ4v) is 3.96. The number of fused-ring (bicyclic) bond motifs is 1. The quantitative estimate of drug-likeness (QED) is 0.719. The summed E-state index contributed by atoms with van der Waals surface area (Å²) in [6.45, 7) is 0.287. The Morgan fingerprint density at radius 1 is 1.19 bits per heavy atom. The minimum absolute atomic E-state index is 0.0971. The standard InChI is InChI=1S/C25H21N5O2/c1-2-16-4-3-5-18(10-16)14-27-24(31)22-12-23(29-15-28-22)25(32)30-21-9-7-19-11-17(13-26)6-8-20(19)21/h1,3-5,8,10-12,15,17,21H,6-7,9,14H2,(H,27,31)(H,30,32)/t17?,21-/m1/s1. The Bertz CT molecular complexity index is 1220. The first kappa shape index (κ1) is 21.0. The number of terminal acetylenes is 1. The molecule has 32 heavy (non-hydrogen) atoms. The highest BCUT2D eigenvalue weighted by molar-refractivity contribution is 5.97. The number of hydrogen-bond acceptors (Lipinski definition) is 5. The van der Waals surface area contributed by atoms with E-state index in [0.717, 1.165) is 35.1 Å². The molecule has 2 aliphatic rings. The zero-order chi connectivity index (χ0) is 22.5. The van der Waals surface area contributed by atoms with E-state index in [1.54, 1.807) is 0 Å². The van der Waals surface area contributed by atoms with E-state index in [4.69, 9.17) is 11.7 Å². The van der Waals surface area contributed by atoms with Gasteiger partial charge in [0, 0.05) is 18.2 Å². The second-order valence-corrected chi connectivity index (χ2v) is 7.70. The molecule has 1 saturated carbocycles. The summed E-state index contributed by atoms with van der Waals surface area (Å²) in [7, 11) is 0. The predicted octanol–water partition coefficient (Wildman–Crippen LogP) is 2.68. The molecule has 0 radical (unpaired) electrons. The van der Waals surface area contributed by atoms with Crippen LogP contribution in [0.25, 0.3) is 0 Å². The van der Waals surface area contributed by atoms with E-state index in [9.17, 15) is 9.59 Å². The van der Waals surface area contributed by atoms with Crippen LogP contribution in [0.2, 0.25) is 0 Å². The summed E-state index contributed by atoms with van der Waals surface area (Å²) >= 11 is 0. The largest absolute Gasteiger partial charge is 0.347 e. The molecule has 2 N–H and O–H groups in total. The number of rotatable bonds is 5. The Hall–Kier alpha value is -4.23. The molecule has 1 aromatic heterocycles. The van der Waals surface area contributed by atoms with E-state index in [1.807, 2.05) is 36.4 Å². The molecular formula is C25H21N5O2. The number of nitrogens with zero attached hydrogens (tertiary/aromatic N) is 3. The monoisotopic (exact) mass is 423 g/mol. The minimum atomic E-state index is -0.406. The van der Waals surface area contributed by atoms with Crippen LogP contribution in [0.5, 0.6) is 0 Å². The number of amides is 2. The van der Waals surface area contributed by atoms with Crippen molar-refractivity contribution in [1.82, 2.24) is 20.6 Å². The summed E-state index contributed by atoms with van der Waals surface area (Å²) in [5.41, 5.74) is 4.04. The summed E-state index contributed by atoms with van der Waals surface area (Å²) in [5.74, 6) is 1.69. The number of allylic oxidation sites excluding steroid dienone is 2. The van der Waals surface area contributed by atoms with Gasteiger partial charge in [-0.15, -0.1) is 6.42 Å². The Kier molecular flexibility index (Phi) is 6.10. The van der Waals surface area contributed by atoms with Crippen LogP contribution < -0.4 is 10.6 Å². The topological polar surface area (TPSA) is 108 Å². The fraction of sp³-hybridized carbons (Fsp3) is 0.240. The lowest BCUT2D eigenvalue weighted by molar-refractivity contribution is 0.0938. The zero-order valence-corrected chi connectivity index (χ0v) is 17.3. The Balaban J connectivity index is 1.39. The molecule has 2 aliphatic carbocycles. The molecule has 1 heterocycles. The van der Waals surface area contributed by atoms with Gasteiger partial charge in [0.05, 0.1) is 18.0 Å². The van der Waals surface area contributed by atoms with Gasteiger partial charge in [-0.25, -0.2) is 9.97 Å². The molecule has 0 aliphatic heterocycles. The second kappa shape index (κ2) is 9.28. The number of nitrogens with one attached hydrogen (secondary N) is 2. The van der Waals surface area contributed by atoms with Gasteiger partial charge >= 0.3 is 0 Å². The van der Waals surface area contributed by atoms with E-state index < -0.39 is 5.91 Å². The Morgan fingerprint density at radius 2 is 2.00 bits per heavy atom. The van der Waals surface area contributed by atoms with Crippen molar-refractivity contribution in [1.29, 1.82) is 5.26 Å². The third kappa shape index (κ3) is 4.58. The molecule has 1 aromatic carbocycles. The average molecular weight is 423 g/mol. The van der Waals surface area contributed by atoms with Crippen molar-refractivity contribution in [2.24, 2.45) is 5.92 Å². The molecule has 0 saturated heterocycles. The van der Waals surface area contributed by atoms with Gasteiger partial charge < -0.3 is 10.6 Å². The highest BCUT2D eigenvalue weighted by atomic mass is 16.2. The van der Waals surface area contributed by atoms with Gasteiger partial charge in [-0.3, -0.25) is 9.59 Å². The molecular weight excluding hydrogens is 402 g/mol. The number of benzene rings is 1. The van der Waals surface area contributed by atoms with Gasteiger partial charge in [0.25, 0.3) is 11.8 Å². The zero-order valence-electron chi connectivity index (χ0n) is 17.3. The highest BCUT2D eigenvalue weighted by Crippen LogP contribution is 2.36. The Labute approximate surface area is 186 Å². The van der Waals surface area contributed by atoms with Gasteiger partial charge in [0.1, 0.15) is 17.7 Å². The summed E-state index contributed by atoms with van der Waals surface area (Å²) in [4.78, 5) is 33.3. The molecule has 2 aromatic rings. The van der Waals surface area contributed by atoms with Crippen LogP contribution in [-0.2, 0) is 6.54 Å². The molecule has 1 unspecified atom stereocenters. The lowest BCUT2D eigenvalue weighted by atomic mass is 9.92. The first-order valence-corrected chi connectivity index (χ1v) is 10.3. The Morgan fingerprint density at radius 3 is 2.78 bits per heavy atom. The maximum Gasteiger partial charge on any atom is 0.270 e. The summed E-state index contributed by atoms with van der Waals surface area (Å²) in [6, 6.07) is 10.9. The molecule has 7 heteroatoms. The van der Waals surface area contributed by atoms with Gasteiger partial charge in [-0.2, -0.15) is 5.26 Å². The number of hydrogen-bond donors (Lipinski definition) is 2. The maximum atomic E-state index is 12.8. The molecule has 1 fully saturated rings. The third-order valence-corrected chi connectivity index (χ3v) is 5.59. The lowest BCUT2D eigenvalue weighted by Gasteiger charge is -2.18. The van der Waals surface area contributed by atoms with Crippen LogP contribution in [-0.4, -0.2) is 27.8 Å². The van der Waals surface area contributed by atoms with Crippen LogP contribution in [0.15, 0.2) is 60.0 Å². The third-order valence-electron chi connectivity index (χ3n) is 5.59. The number of carbonyl (C=O) groups is 2. The van der Waals surface area contributed by atoms with Crippen molar-refractivity contribution < 1.29 is 9.59 Å². The van der Waals surface area contributed by atoms with Crippen LogP contribution in [0.4, 0.5) is 0 Å². The van der Waals surface area contributed by atoms with Crippen molar-refractivity contribution in [3.8, 4) is 18.4 Å². The molecule has 0 bridgehead atoms. The number of carbonyl (C=O) groups excluding carboxylic acids is 2.